The Kier molecular flexibility index (Phi) is 10.0. The number of carbonyl (C=O) groups is 2. The van der Waals surface area contributed by atoms with E-state index in [2.05, 4.69) is 0 Å². The zero-order valence-electron chi connectivity index (χ0n) is 14.7. The molecule has 0 unspecified atom stereocenters. The van der Waals surface area contributed by atoms with E-state index in [1.54, 1.807) is 0 Å². The second-order valence-electron chi connectivity index (χ2n) is 5.17. The summed E-state index contributed by atoms with van der Waals surface area (Å²) < 4.78 is 207. The predicted molar refractivity (Wildman–Crippen MR) is 49.6 cm³/mol. The summed E-state index contributed by atoms with van der Waals surface area (Å²) in [5.74, 6) is -76.0. The summed E-state index contributed by atoms with van der Waals surface area (Å²) in [7, 11) is 0. The molecule has 0 aliphatic rings. The van der Waals surface area contributed by atoms with Gasteiger partial charge in [0.15, 0.2) is 0 Å². The fourth-order valence-electron chi connectivity index (χ4n) is 1.44. The quantitative estimate of drug-likeness (QED) is 0.236. The summed E-state index contributed by atoms with van der Waals surface area (Å²) in [5, 5.41) is 19.4. The summed E-state index contributed by atoms with van der Waals surface area (Å²) in [6.45, 7) is 0. The van der Waals surface area contributed by atoms with Crippen LogP contribution in [0.25, 0.3) is 0 Å². The molecule has 0 spiro atoms. The number of carbonyl (C=O) groups excluding carboxylic acids is 2. The van der Waals surface area contributed by atoms with Gasteiger partial charge in [-0.25, -0.2) is 0 Å². The molecule has 0 saturated heterocycles. The van der Waals surface area contributed by atoms with Crippen LogP contribution in [0.1, 0.15) is 0 Å². The van der Waals surface area contributed by atoms with Crippen molar-refractivity contribution in [3.8, 4) is 0 Å². The van der Waals surface area contributed by atoms with Crippen molar-refractivity contribution in [3.63, 3.8) is 0 Å². The number of aliphatic carboxylic acids is 2. The van der Waals surface area contributed by atoms with Crippen molar-refractivity contribution in [3.05, 3.63) is 0 Å². The fraction of sp³-hybridized carbons (Fsp3) is 0.800. The molecule has 0 bridgehead atoms. The van der Waals surface area contributed by atoms with Crippen LogP contribution in [-0.4, -0.2) is 59.3 Å². The first kappa shape index (κ1) is 35.6. The van der Waals surface area contributed by atoms with Crippen LogP contribution in [0.5, 0.6) is 0 Å². The molecule has 22 heteroatoms. The summed E-state index contributed by atoms with van der Waals surface area (Å²) >= 11 is 0. The summed E-state index contributed by atoms with van der Waals surface area (Å²) in [4.78, 5) is 19.4. The first-order chi connectivity index (χ1) is 12.6. The van der Waals surface area contributed by atoms with E-state index in [-0.39, 0.29) is 37.7 Å². The van der Waals surface area contributed by atoms with Crippen LogP contribution >= 0.6 is 0 Å². The molecule has 0 aromatic carbocycles. The normalized spacial score (nSPS) is 14.9. The second-order valence-corrected chi connectivity index (χ2v) is 5.17. The van der Waals surface area contributed by atoms with Gasteiger partial charge in [0.2, 0.25) is 0 Å². The molecular weight excluding hydrogens is 502 g/mol. The topological polar surface area (TPSA) is 80.3 Å². The molecule has 0 aliphatic heterocycles. The van der Waals surface area contributed by atoms with E-state index in [0.29, 0.717) is 0 Å². The van der Waals surface area contributed by atoms with Gasteiger partial charge in [0.25, 0.3) is 0 Å². The molecule has 0 rings (SSSR count). The SMILES string of the molecule is O=C([O-])C(F)(F)C(F)(F)C(F)(F)C(F)(F)C(F)(F)C(F)(F)C(F)(F)C(F)(F)C(=O)[O-].[Li+].[Li+]. The molecule has 0 aromatic rings. The molecule has 178 valence electrons. The van der Waals surface area contributed by atoms with Gasteiger partial charge >= 0.3 is 85.1 Å². The Bertz CT molecular complexity index is 662. The van der Waals surface area contributed by atoms with Crippen LogP contribution in [0.2, 0.25) is 0 Å². The fourth-order valence-corrected chi connectivity index (χ4v) is 1.44. The molecule has 0 amide bonds. The molecule has 0 fully saturated rings. The van der Waals surface area contributed by atoms with E-state index in [9.17, 15) is 90.0 Å². The number of hydrogen-bond donors (Lipinski definition) is 0. The van der Waals surface area contributed by atoms with Gasteiger partial charge in [0.05, 0.1) is 0 Å². The molecule has 0 aliphatic carbocycles. The first-order valence-corrected chi connectivity index (χ1v) is 6.09. The molecule has 0 heterocycles. The zero-order chi connectivity index (χ0) is 25.2. The van der Waals surface area contributed by atoms with Gasteiger partial charge in [-0.3, -0.25) is 0 Å². The van der Waals surface area contributed by atoms with E-state index in [1.807, 2.05) is 0 Å². The molecule has 0 atom stereocenters. The van der Waals surface area contributed by atoms with Crippen molar-refractivity contribution in [2.45, 2.75) is 47.4 Å². The van der Waals surface area contributed by atoms with Gasteiger partial charge in [-0.05, 0) is 0 Å². The molecule has 4 nitrogen and oxygen atoms in total. The maximum absolute atomic E-state index is 13.1. The molecule has 0 saturated carbocycles. The van der Waals surface area contributed by atoms with Crippen molar-refractivity contribution in [2.75, 3.05) is 0 Å². The van der Waals surface area contributed by atoms with E-state index in [0.717, 1.165) is 0 Å². The van der Waals surface area contributed by atoms with Crippen LogP contribution in [0.3, 0.4) is 0 Å². The van der Waals surface area contributed by atoms with Gasteiger partial charge in [-0.2, -0.15) is 70.2 Å². The van der Waals surface area contributed by atoms with Crippen LogP contribution in [0.4, 0.5) is 70.2 Å². The third-order valence-electron chi connectivity index (χ3n) is 3.27. The third kappa shape index (κ3) is 4.16. The van der Waals surface area contributed by atoms with Gasteiger partial charge in [0, 0.05) is 0 Å². The summed E-state index contributed by atoms with van der Waals surface area (Å²) in [6, 6.07) is 0. The van der Waals surface area contributed by atoms with Crippen molar-refractivity contribution in [2.24, 2.45) is 0 Å². The second kappa shape index (κ2) is 8.99. The smallest absolute Gasteiger partial charge is 0.544 e. The maximum Gasteiger partial charge on any atom is 1.00 e. The Labute approximate surface area is 187 Å². The number of carboxylic acid groups (broad SMARTS) is 2. The number of halogens is 16. The van der Waals surface area contributed by atoms with Gasteiger partial charge in [-0.15, -0.1) is 0 Å². The minimum atomic E-state index is -8.85. The van der Waals surface area contributed by atoms with Gasteiger partial charge in [0.1, 0.15) is 11.9 Å². The predicted octanol–water partition coefficient (Wildman–Crippen LogP) is -4.42. The number of hydrogen-bond acceptors (Lipinski definition) is 4. The van der Waals surface area contributed by atoms with E-state index in [4.69, 9.17) is 0 Å². The van der Waals surface area contributed by atoms with E-state index < -0.39 is 59.3 Å². The van der Waals surface area contributed by atoms with Crippen LogP contribution in [0, 0.1) is 0 Å². The Balaban J connectivity index is -0.00000420. The van der Waals surface area contributed by atoms with Crippen molar-refractivity contribution in [1.82, 2.24) is 0 Å². The van der Waals surface area contributed by atoms with Gasteiger partial charge in [-0.1, -0.05) is 0 Å². The Hall–Kier alpha value is -0.985. The van der Waals surface area contributed by atoms with Crippen LogP contribution in [-0.2, 0) is 9.59 Å². The minimum absolute atomic E-state index is 0. The third-order valence-corrected chi connectivity index (χ3v) is 3.27. The van der Waals surface area contributed by atoms with E-state index in [1.165, 1.54) is 0 Å². The summed E-state index contributed by atoms with van der Waals surface area (Å²) in [6.07, 6.45) is 0. The van der Waals surface area contributed by atoms with Crippen molar-refractivity contribution in [1.29, 1.82) is 0 Å². The van der Waals surface area contributed by atoms with Crippen LogP contribution < -0.4 is 47.9 Å². The standard InChI is InChI=1S/C10H2F16O4.2Li/c11-3(12,1(27)28)5(15,16)7(19,20)9(23,24)10(25,26)8(21,22)6(17,18)4(13,14)2(29)30;;/h(H,27,28)(H,29,30);;/q;2*+1/p-2. The summed E-state index contributed by atoms with van der Waals surface area (Å²) in [5.41, 5.74) is 0. The molecule has 0 N–H and O–H groups in total. The molecule has 0 aromatic heterocycles. The maximum atomic E-state index is 13.1. The Morgan fingerprint density at radius 2 is 0.500 bits per heavy atom. The van der Waals surface area contributed by atoms with Crippen molar-refractivity contribution < 1.29 is 128 Å². The number of carboxylic acids is 2. The van der Waals surface area contributed by atoms with Crippen LogP contribution in [0.15, 0.2) is 0 Å². The Morgan fingerprint density at radius 1 is 0.375 bits per heavy atom. The van der Waals surface area contributed by atoms with Crippen molar-refractivity contribution >= 4 is 11.9 Å². The zero-order valence-corrected chi connectivity index (χ0v) is 14.7. The first-order valence-electron chi connectivity index (χ1n) is 6.09. The Morgan fingerprint density at radius 3 is 0.625 bits per heavy atom. The average molecular weight is 502 g/mol. The minimum Gasteiger partial charge on any atom is -0.544 e. The monoisotopic (exact) mass is 502 g/mol. The number of rotatable bonds is 9. The molecule has 0 radical (unpaired) electrons. The number of alkyl halides is 16. The van der Waals surface area contributed by atoms with Gasteiger partial charge < -0.3 is 19.8 Å². The average Bonchev–Trinajstić information content (AvgIpc) is 2.52. The van der Waals surface area contributed by atoms with E-state index >= 15 is 0 Å². The largest absolute Gasteiger partial charge is 1.00 e. The molecule has 32 heavy (non-hydrogen) atoms. The molecular formula is C10F16Li2O4.